The number of thiophene rings is 1. The second-order valence-electron chi connectivity index (χ2n) is 3.97. The summed E-state index contributed by atoms with van der Waals surface area (Å²) in [6.07, 6.45) is -0.253. The summed E-state index contributed by atoms with van der Waals surface area (Å²) in [7, 11) is 1.60. The number of hydrogen-bond donors (Lipinski definition) is 1. The monoisotopic (exact) mass is 295 g/mol. The van der Waals surface area contributed by atoms with E-state index in [4.69, 9.17) is 16.3 Å². The van der Waals surface area contributed by atoms with Gasteiger partial charge in [-0.05, 0) is 17.5 Å². The van der Waals surface area contributed by atoms with Crippen molar-refractivity contribution in [3.63, 3.8) is 0 Å². The van der Waals surface area contributed by atoms with E-state index in [0.29, 0.717) is 17.1 Å². The molecule has 3 nitrogen and oxygen atoms in total. The number of nitrogens with one attached hydrogen (secondary N) is 1. The molecular formula is C14H14ClNO2S. The lowest BCUT2D eigenvalue weighted by Crippen LogP contribution is -2.28. The van der Waals surface area contributed by atoms with Gasteiger partial charge in [-0.15, -0.1) is 0 Å². The molecule has 2 aromatic rings. The Morgan fingerprint density at radius 2 is 2.21 bits per heavy atom. The van der Waals surface area contributed by atoms with Crippen molar-refractivity contribution in [1.82, 2.24) is 5.32 Å². The standard InChI is InChI=1S/C14H14ClNO2S/c1-18-13(11-4-2-3-5-12(11)15)8-16-14(17)10-6-7-19-9-10/h2-7,9,13H,8H2,1H3,(H,16,17). The summed E-state index contributed by atoms with van der Waals surface area (Å²) in [5, 5.41) is 7.17. The molecule has 0 aliphatic carbocycles. The van der Waals surface area contributed by atoms with E-state index >= 15 is 0 Å². The number of amides is 1. The van der Waals surface area contributed by atoms with E-state index in [1.54, 1.807) is 13.2 Å². The van der Waals surface area contributed by atoms with E-state index in [9.17, 15) is 4.79 Å². The molecule has 1 N–H and O–H groups in total. The summed E-state index contributed by atoms with van der Waals surface area (Å²) < 4.78 is 5.39. The SMILES string of the molecule is COC(CNC(=O)c1ccsc1)c1ccccc1Cl. The summed E-state index contributed by atoms with van der Waals surface area (Å²) in [5.41, 5.74) is 1.54. The molecule has 1 aromatic carbocycles. The fourth-order valence-corrected chi connectivity index (χ4v) is 2.63. The number of hydrogen-bond acceptors (Lipinski definition) is 3. The molecule has 0 fully saturated rings. The summed E-state index contributed by atoms with van der Waals surface area (Å²) in [6, 6.07) is 9.25. The minimum absolute atomic E-state index is 0.102. The van der Waals surface area contributed by atoms with Gasteiger partial charge >= 0.3 is 0 Å². The van der Waals surface area contributed by atoms with Gasteiger partial charge in [0, 0.05) is 35.2 Å². The van der Waals surface area contributed by atoms with E-state index in [1.165, 1.54) is 11.3 Å². The van der Waals surface area contributed by atoms with Crippen molar-refractivity contribution in [3.8, 4) is 0 Å². The van der Waals surface area contributed by atoms with Crippen LogP contribution in [0.4, 0.5) is 0 Å². The topological polar surface area (TPSA) is 38.3 Å². The Labute approximate surface area is 121 Å². The summed E-state index contributed by atoms with van der Waals surface area (Å²) in [6.45, 7) is 0.384. The highest BCUT2D eigenvalue weighted by molar-refractivity contribution is 7.08. The number of methoxy groups -OCH3 is 1. The highest BCUT2D eigenvalue weighted by Crippen LogP contribution is 2.24. The van der Waals surface area contributed by atoms with Gasteiger partial charge < -0.3 is 10.1 Å². The molecule has 2 rings (SSSR count). The molecule has 0 aliphatic heterocycles. The van der Waals surface area contributed by atoms with Gasteiger partial charge in [0.15, 0.2) is 0 Å². The Morgan fingerprint density at radius 3 is 2.84 bits per heavy atom. The predicted octanol–water partition coefficient (Wildman–Crippen LogP) is 3.52. The Morgan fingerprint density at radius 1 is 1.42 bits per heavy atom. The number of halogens is 1. The van der Waals surface area contributed by atoms with Crippen molar-refractivity contribution in [2.45, 2.75) is 6.10 Å². The maximum Gasteiger partial charge on any atom is 0.252 e. The van der Waals surface area contributed by atoms with Crippen LogP contribution in [-0.4, -0.2) is 19.6 Å². The second kappa shape index (κ2) is 6.70. The molecule has 19 heavy (non-hydrogen) atoms. The fourth-order valence-electron chi connectivity index (χ4n) is 1.74. The number of carbonyl (C=O) groups is 1. The first-order chi connectivity index (χ1) is 9.22. The van der Waals surface area contributed by atoms with Crippen LogP contribution >= 0.6 is 22.9 Å². The lowest BCUT2D eigenvalue weighted by molar-refractivity contribution is 0.0828. The summed E-state index contributed by atoms with van der Waals surface area (Å²) >= 11 is 7.62. The molecule has 0 spiro atoms. The van der Waals surface area contributed by atoms with Crippen molar-refractivity contribution in [2.24, 2.45) is 0 Å². The average Bonchev–Trinajstić information content (AvgIpc) is 2.95. The molecule has 1 atom stereocenters. The van der Waals surface area contributed by atoms with Gasteiger partial charge in [-0.25, -0.2) is 0 Å². The largest absolute Gasteiger partial charge is 0.375 e. The summed E-state index contributed by atoms with van der Waals surface area (Å²) in [5.74, 6) is -0.102. The van der Waals surface area contributed by atoms with Crippen LogP contribution in [0.15, 0.2) is 41.1 Å². The zero-order valence-corrected chi connectivity index (χ0v) is 12.0. The minimum Gasteiger partial charge on any atom is -0.375 e. The molecule has 1 unspecified atom stereocenters. The number of benzene rings is 1. The van der Waals surface area contributed by atoms with Gasteiger partial charge in [-0.2, -0.15) is 11.3 Å². The number of ether oxygens (including phenoxy) is 1. The van der Waals surface area contributed by atoms with Crippen LogP contribution in [0, 0.1) is 0 Å². The third-order valence-corrected chi connectivity index (χ3v) is 3.80. The van der Waals surface area contributed by atoms with E-state index < -0.39 is 0 Å². The first-order valence-corrected chi connectivity index (χ1v) is 7.12. The molecule has 100 valence electrons. The molecule has 1 heterocycles. The van der Waals surface area contributed by atoms with Crippen LogP contribution in [-0.2, 0) is 4.74 Å². The third-order valence-electron chi connectivity index (χ3n) is 2.77. The molecule has 0 bridgehead atoms. The van der Waals surface area contributed by atoms with Crippen LogP contribution in [0.2, 0.25) is 5.02 Å². The van der Waals surface area contributed by atoms with Crippen molar-refractivity contribution in [2.75, 3.05) is 13.7 Å². The Kier molecular flexibility index (Phi) is 4.96. The smallest absolute Gasteiger partial charge is 0.252 e. The zero-order chi connectivity index (χ0) is 13.7. The lowest BCUT2D eigenvalue weighted by atomic mass is 10.1. The van der Waals surface area contributed by atoms with Crippen LogP contribution in [0.25, 0.3) is 0 Å². The molecule has 0 saturated carbocycles. The van der Waals surface area contributed by atoms with E-state index in [-0.39, 0.29) is 12.0 Å². The maximum atomic E-state index is 11.8. The first-order valence-electron chi connectivity index (χ1n) is 5.80. The van der Waals surface area contributed by atoms with Crippen molar-refractivity contribution in [1.29, 1.82) is 0 Å². The Hall–Kier alpha value is -1.36. The highest BCUT2D eigenvalue weighted by Gasteiger charge is 2.15. The van der Waals surface area contributed by atoms with E-state index in [2.05, 4.69) is 5.32 Å². The second-order valence-corrected chi connectivity index (χ2v) is 5.16. The molecular weight excluding hydrogens is 282 g/mol. The highest BCUT2D eigenvalue weighted by atomic mass is 35.5. The van der Waals surface area contributed by atoms with E-state index in [1.807, 2.05) is 35.0 Å². The van der Waals surface area contributed by atoms with Crippen molar-refractivity contribution < 1.29 is 9.53 Å². The quantitative estimate of drug-likeness (QED) is 0.916. The molecule has 0 saturated heterocycles. The van der Waals surface area contributed by atoms with Crippen LogP contribution < -0.4 is 5.32 Å². The average molecular weight is 296 g/mol. The van der Waals surface area contributed by atoms with Gasteiger partial charge in [0.05, 0.1) is 0 Å². The van der Waals surface area contributed by atoms with Crippen molar-refractivity contribution in [3.05, 3.63) is 57.2 Å². The van der Waals surface area contributed by atoms with Crippen molar-refractivity contribution >= 4 is 28.8 Å². The minimum atomic E-state index is -0.253. The van der Waals surface area contributed by atoms with Gasteiger partial charge in [-0.3, -0.25) is 4.79 Å². The summed E-state index contributed by atoms with van der Waals surface area (Å²) in [4.78, 5) is 11.8. The van der Waals surface area contributed by atoms with E-state index in [0.717, 1.165) is 5.56 Å². The van der Waals surface area contributed by atoms with Crippen LogP contribution in [0.3, 0.4) is 0 Å². The van der Waals surface area contributed by atoms with Gasteiger partial charge in [0.1, 0.15) is 6.10 Å². The molecule has 1 amide bonds. The third kappa shape index (κ3) is 3.56. The Bertz CT molecular complexity index is 542. The fraction of sp³-hybridized carbons (Fsp3) is 0.214. The predicted molar refractivity (Wildman–Crippen MR) is 77.9 cm³/mol. The van der Waals surface area contributed by atoms with Gasteiger partial charge in [0.2, 0.25) is 0 Å². The normalized spacial score (nSPS) is 12.1. The van der Waals surface area contributed by atoms with Gasteiger partial charge in [0.25, 0.3) is 5.91 Å². The molecule has 0 aliphatic rings. The number of carbonyl (C=O) groups excluding carboxylic acids is 1. The number of rotatable bonds is 5. The molecule has 1 aromatic heterocycles. The first kappa shape index (κ1) is 14.1. The maximum absolute atomic E-state index is 11.8. The lowest BCUT2D eigenvalue weighted by Gasteiger charge is -2.17. The molecule has 0 radical (unpaired) electrons. The van der Waals surface area contributed by atoms with Crippen LogP contribution in [0.5, 0.6) is 0 Å². The van der Waals surface area contributed by atoms with Gasteiger partial charge in [-0.1, -0.05) is 29.8 Å². The molecule has 5 heteroatoms. The Balaban J connectivity index is 2.01. The zero-order valence-electron chi connectivity index (χ0n) is 10.4. The van der Waals surface area contributed by atoms with Crippen LogP contribution in [0.1, 0.15) is 22.0 Å².